The smallest absolute Gasteiger partial charge is 0.358 e. The lowest BCUT2D eigenvalue weighted by molar-refractivity contribution is -0.389. The van der Waals surface area contributed by atoms with Gasteiger partial charge in [-0.25, -0.2) is 0 Å². The molecule has 1 aromatic heterocycles. The van der Waals surface area contributed by atoms with Crippen LogP contribution in [0.4, 0.5) is 5.82 Å². The van der Waals surface area contributed by atoms with Crippen LogP contribution in [0.5, 0.6) is 0 Å². The van der Waals surface area contributed by atoms with Crippen LogP contribution in [-0.4, -0.2) is 27.3 Å². The maximum Gasteiger partial charge on any atom is 0.390 e. The Bertz CT molecular complexity index is 387. The predicted octanol–water partition coefficient (Wildman–Crippen LogP) is 1.73. The van der Waals surface area contributed by atoms with Crippen LogP contribution >= 0.6 is 0 Å². The van der Waals surface area contributed by atoms with Crippen molar-refractivity contribution in [2.45, 2.75) is 40.3 Å². The zero-order valence-electron chi connectivity index (χ0n) is 10.8. The van der Waals surface area contributed by atoms with E-state index in [0.717, 1.165) is 12.2 Å². The van der Waals surface area contributed by atoms with Gasteiger partial charge in [0.05, 0.1) is 23.4 Å². The number of rotatable bonds is 6. The van der Waals surface area contributed by atoms with Gasteiger partial charge in [-0.1, -0.05) is 20.8 Å². The highest BCUT2D eigenvalue weighted by atomic mass is 16.6. The minimum atomic E-state index is -0.458. The van der Waals surface area contributed by atoms with Gasteiger partial charge in [0.15, 0.2) is 0 Å². The number of nitrogens with zero attached hydrogens (tertiary/aromatic N) is 3. The van der Waals surface area contributed by atoms with Crippen LogP contribution in [0.25, 0.3) is 0 Å². The summed E-state index contributed by atoms with van der Waals surface area (Å²) in [5.41, 5.74) is 0.827. The summed E-state index contributed by atoms with van der Waals surface area (Å²) in [7, 11) is 0. The normalized spacial score (nSPS) is 13.0. The van der Waals surface area contributed by atoms with Gasteiger partial charge in [0.1, 0.15) is 0 Å². The molecule has 6 nitrogen and oxygen atoms in total. The monoisotopic (exact) mass is 240 g/mol. The zero-order valence-corrected chi connectivity index (χ0v) is 10.8. The van der Waals surface area contributed by atoms with E-state index in [1.807, 2.05) is 6.92 Å². The molecule has 17 heavy (non-hydrogen) atoms. The second kappa shape index (κ2) is 5.77. The summed E-state index contributed by atoms with van der Waals surface area (Å²) in [6.45, 7) is 9.70. The lowest BCUT2D eigenvalue weighted by atomic mass is 10.1. The van der Waals surface area contributed by atoms with Crippen molar-refractivity contribution in [1.29, 1.82) is 0 Å². The van der Waals surface area contributed by atoms with E-state index in [-0.39, 0.29) is 5.82 Å². The van der Waals surface area contributed by atoms with E-state index in [9.17, 15) is 10.1 Å². The first-order valence-electron chi connectivity index (χ1n) is 5.82. The Kier molecular flexibility index (Phi) is 4.62. The molecule has 1 unspecified atom stereocenters. The van der Waals surface area contributed by atoms with Crippen molar-refractivity contribution in [2.24, 2.45) is 5.92 Å². The molecule has 1 heterocycles. The van der Waals surface area contributed by atoms with Crippen LogP contribution in [-0.2, 0) is 6.54 Å². The fourth-order valence-electron chi connectivity index (χ4n) is 1.56. The lowest BCUT2D eigenvalue weighted by Gasteiger charge is -2.13. The molecule has 1 aromatic rings. The molecule has 0 saturated heterocycles. The molecular formula is C11H20N4O2. The van der Waals surface area contributed by atoms with Crippen LogP contribution in [0.15, 0.2) is 6.07 Å². The maximum atomic E-state index is 10.6. The third-order valence-electron chi connectivity index (χ3n) is 2.51. The van der Waals surface area contributed by atoms with Crippen molar-refractivity contribution >= 4 is 5.82 Å². The molecule has 1 N–H and O–H groups in total. The zero-order chi connectivity index (χ0) is 13.0. The molecule has 1 rings (SSSR count). The second-order valence-electron chi connectivity index (χ2n) is 4.75. The Morgan fingerprint density at radius 2 is 2.18 bits per heavy atom. The third-order valence-corrected chi connectivity index (χ3v) is 2.51. The van der Waals surface area contributed by atoms with Crippen molar-refractivity contribution in [3.05, 3.63) is 21.9 Å². The summed E-state index contributed by atoms with van der Waals surface area (Å²) in [5.74, 6) is 0.308. The van der Waals surface area contributed by atoms with Gasteiger partial charge in [-0.15, -0.1) is 0 Å². The predicted molar refractivity (Wildman–Crippen MR) is 65.9 cm³/mol. The Morgan fingerprint density at radius 1 is 1.53 bits per heavy atom. The molecule has 96 valence electrons. The highest BCUT2D eigenvalue weighted by molar-refractivity contribution is 5.20. The molecule has 0 radical (unpaired) electrons. The summed E-state index contributed by atoms with van der Waals surface area (Å²) >= 11 is 0. The second-order valence-corrected chi connectivity index (χ2v) is 4.75. The van der Waals surface area contributed by atoms with Crippen molar-refractivity contribution < 1.29 is 4.92 Å². The highest BCUT2D eigenvalue weighted by Gasteiger charge is 2.16. The quantitative estimate of drug-likeness (QED) is 0.607. The van der Waals surface area contributed by atoms with Crippen LogP contribution in [0.1, 0.15) is 26.5 Å². The van der Waals surface area contributed by atoms with Gasteiger partial charge in [-0.05, 0) is 24.3 Å². The van der Waals surface area contributed by atoms with Gasteiger partial charge < -0.3 is 15.4 Å². The molecule has 6 heteroatoms. The van der Waals surface area contributed by atoms with Crippen LogP contribution in [0.3, 0.4) is 0 Å². The third kappa shape index (κ3) is 4.14. The molecule has 0 fully saturated rings. The van der Waals surface area contributed by atoms with E-state index in [0.29, 0.717) is 18.5 Å². The number of aromatic nitrogens is 2. The largest absolute Gasteiger partial charge is 0.390 e. The Hall–Kier alpha value is -1.43. The standard InChI is InChI=1S/C11H20N4O2/c1-8(2)12-6-9(3)7-14-10(4)5-11(13-14)15(16)17/h5,8-9,12H,6-7H2,1-4H3. The SMILES string of the molecule is Cc1cc([N+](=O)[O-])nn1CC(C)CNC(C)C. The molecular weight excluding hydrogens is 220 g/mol. The fourth-order valence-corrected chi connectivity index (χ4v) is 1.56. The molecule has 0 amide bonds. The van der Waals surface area contributed by atoms with Crippen molar-refractivity contribution in [3.63, 3.8) is 0 Å². The van der Waals surface area contributed by atoms with E-state index < -0.39 is 4.92 Å². The first-order chi connectivity index (χ1) is 7.90. The van der Waals surface area contributed by atoms with Gasteiger partial charge in [-0.3, -0.25) is 0 Å². The maximum absolute atomic E-state index is 10.6. The summed E-state index contributed by atoms with van der Waals surface area (Å²) in [5, 5.41) is 17.9. The molecule has 1 atom stereocenters. The van der Waals surface area contributed by atoms with Crippen LogP contribution < -0.4 is 5.32 Å². The first kappa shape index (κ1) is 13.6. The first-order valence-corrected chi connectivity index (χ1v) is 5.82. The number of aryl methyl sites for hydroxylation is 1. The summed E-state index contributed by atoms with van der Waals surface area (Å²) in [4.78, 5) is 10.1. The van der Waals surface area contributed by atoms with E-state index in [1.54, 1.807) is 4.68 Å². The molecule has 0 aliphatic heterocycles. The van der Waals surface area contributed by atoms with Gasteiger partial charge >= 0.3 is 5.82 Å². The minimum absolute atomic E-state index is 0.0773. The van der Waals surface area contributed by atoms with Gasteiger partial charge in [0.2, 0.25) is 0 Å². The summed E-state index contributed by atoms with van der Waals surface area (Å²) in [6.07, 6.45) is 0. The topological polar surface area (TPSA) is 73.0 Å². The summed E-state index contributed by atoms with van der Waals surface area (Å²) in [6, 6.07) is 1.95. The van der Waals surface area contributed by atoms with Gasteiger partial charge in [-0.2, -0.15) is 4.68 Å². The van der Waals surface area contributed by atoms with E-state index >= 15 is 0 Å². The molecule has 0 aliphatic carbocycles. The van der Waals surface area contributed by atoms with Crippen LogP contribution in [0.2, 0.25) is 0 Å². The Labute approximate surface area is 101 Å². The summed E-state index contributed by atoms with van der Waals surface area (Å²) < 4.78 is 1.70. The lowest BCUT2D eigenvalue weighted by Crippen LogP contribution is -2.30. The van der Waals surface area contributed by atoms with E-state index in [2.05, 4.69) is 31.2 Å². The highest BCUT2D eigenvalue weighted by Crippen LogP contribution is 2.12. The van der Waals surface area contributed by atoms with Crippen molar-refractivity contribution in [1.82, 2.24) is 15.1 Å². The number of nitro groups is 1. The van der Waals surface area contributed by atoms with Gasteiger partial charge in [0.25, 0.3) is 0 Å². The fraction of sp³-hybridized carbons (Fsp3) is 0.727. The van der Waals surface area contributed by atoms with E-state index in [1.165, 1.54) is 6.07 Å². The van der Waals surface area contributed by atoms with Gasteiger partial charge in [0, 0.05) is 6.04 Å². The van der Waals surface area contributed by atoms with E-state index in [4.69, 9.17) is 0 Å². The molecule has 0 saturated carbocycles. The Morgan fingerprint density at radius 3 is 2.65 bits per heavy atom. The van der Waals surface area contributed by atoms with Crippen molar-refractivity contribution in [2.75, 3.05) is 6.54 Å². The average Bonchev–Trinajstić information content (AvgIpc) is 2.58. The number of nitrogens with one attached hydrogen (secondary N) is 1. The Balaban J connectivity index is 2.58. The number of hydrogen-bond acceptors (Lipinski definition) is 4. The minimum Gasteiger partial charge on any atom is -0.358 e. The molecule has 0 bridgehead atoms. The molecule has 0 spiro atoms. The average molecular weight is 240 g/mol. The molecule has 0 aliphatic rings. The van der Waals surface area contributed by atoms with Crippen molar-refractivity contribution in [3.8, 4) is 0 Å². The van der Waals surface area contributed by atoms with Crippen LogP contribution in [0, 0.1) is 23.0 Å². The molecule has 0 aromatic carbocycles. The number of hydrogen-bond donors (Lipinski definition) is 1.